The summed E-state index contributed by atoms with van der Waals surface area (Å²) in [6, 6.07) is 9.46. The molecule has 3 aromatic rings. The molecule has 2 amide bonds. The van der Waals surface area contributed by atoms with Crippen molar-refractivity contribution in [2.45, 2.75) is 39.7 Å². The summed E-state index contributed by atoms with van der Waals surface area (Å²) in [6.07, 6.45) is 9.42. The number of rotatable bonds is 7. The van der Waals surface area contributed by atoms with E-state index >= 15 is 0 Å². The van der Waals surface area contributed by atoms with Crippen molar-refractivity contribution in [2.75, 3.05) is 16.8 Å². The Hall–Kier alpha value is -3.50. The molecule has 8 heteroatoms. The highest BCUT2D eigenvalue weighted by atomic mass is 35.5. The van der Waals surface area contributed by atoms with Crippen LogP contribution in [-0.4, -0.2) is 34.4 Å². The number of nitrogens with zero attached hydrogens (tertiary/aromatic N) is 2. The average Bonchev–Trinajstić information content (AvgIpc) is 3.50. The molecule has 0 radical (unpaired) electrons. The highest BCUT2D eigenvalue weighted by Gasteiger charge is 2.40. The molecule has 1 aliphatic rings. The van der Waals surface area contributed by atoms with E-state index in [0.29, 0.717) is 34.7 Å². The van der Waals surface area contributed by atoms with Crippen molar-refractivity contribution < 1.29 is 14.3 Å². The lowest BCUT2D eigenvalue weighted by Crippen LogP contribution is -2.54. The summed E-state index contributed by atoms with van der Waals surface area (Å²) >= 11 is 6.47. The predicted octanol–water partition coefficient (Wildman–Crippen LogP) is 5.02. The summed E-state index contributed by atoms with van der Waals surface area (Å²) in [6.45, 7) is 6.24. The normalized spacial score (nSPS) is 14.3. The second kappa shape index (κ2) is 9.40. The fourth-order valence-corrected chi connectivity index (χ4v) is 4.05. The number of carbonyl (C=O) groups excluding carboxylic acids is 2. The molecule has 1 aromatic heterocycles. The van der Waals surface area contributed by atoms with Crippen LogP contribution in [0.25, 0.3) is 11.0 Å². The Bertz CT molecular complexity index is 1270. The smallest absolute Gasteiger partial charge is 0.303 e. The maximum atomic E-state index is 13.5. The summed E-state index contributed by atoms with van der Waals surface area (Å²) in [5, 5.41) is 3.27. The van der Waals surface area contributed by atoms with Crippen LogP contribution in [-0.2, 0) is 9.59 Å². The molecule has 0 spiro atoms. The molecule has 0 bridgehead atoms. The van der Waals surface area contributed by atoms with Gasteiger partial charge in [-0.1, -0.05) is 32.4 Å². The third kappa shape index (κ3) is 5.18. The first-order chi connectivity index (χ1) is 16.2. The van der Waals surface area contributed by atoms with E-state index < -0.39 is 17.4 Å². The molecule has 0 aliphatic heterocycles. The van der Waals surface area contributed by atoms with E-state index in [2.05, 4.69) is 21.2 Å². The number of aromatic nitrogens is 2. The second-order valence-electron chi connectivity index (χ2n) is 9.58. The zero-order chi connectivity index (χ0) is 24.5. The molecule has 1 atom stereocenters. The summed E-state index contributed by atoms with van der Waals surface area (Å²) in [5.74, 6) is 2.26. The zero-order valence-corrected chi connectivity index (χ0v) is 20.1. The molecule has 2 aromatic carbocycles. The van der Waals surface area contributed by atoms with Crippen LogP contribution in [0.4, 0.5) is 11.4 Å². The Kier molecular flexibility index (Phi) is 6.54. The van der Waals surface area contributed by atoms with Gasteiger partial charge in [-0.05, 0) is 66.5 Å². The third-order valence-electron chi connectivity index (χ3n) is 5.72. The lowest BCUT2D eigenvalue weighted by Gasteiger charge is -2.38. The van der Waals surface area contributed by atoms with Gasteiger partial charge in [-0.3, -0.25) is 14.5 Å². The van der Waals surface area contributed by atoms with Gasteiger partial charge in [-0.2, -0.15) is 0 Å². The highest BCUT2D eigenvalue weighted by Crippen LogP contribution is 2.36. The number of hydrogen-bond acceptors (Lipinski definition) is 4. The van der Waals surface area contributed by atoms with Gasteiger partial charge in [-0.25, -0.2) is 4.98 Å². The number of anilines is 2. The van der Waals surface area contributed by atoms with Gasteiger partial charge in [0, 0.05) is 11.4 Å². The molecule has 1 saturated carbocycles. The summed E-state index contributed by atoms with van der Waals surface area (Å²) in [4.78, 5) is 35.0. The van der Waals surface area contributed by atoms with Crippen LogP contribution in [0, 0.1) is 23.7 Å². The minimum Gasteiger partial charge on any atom is -0.492 e. The van der Waals surface area contributed by atoms with Crippen molar-refractivity contribution in [1.82, 2.24) is 9.97 Å². The van der Waals surface area contributed by atoms with Gasteiger partial charge < -0.3 is 15.0 Å². The Morgan fingerprint density at radius 1 is 1.29 bits per heavy atom. The van der Waals surface area contributed by atoms with Gasteiger partial charge in [-0.15, -0.1) is 6.42 Å². The molecular weight excluding hydrogens is 452 g/mol. The number of fused-ring (bicyclic) bond motifs is 1. The van der Waals surface area contributed by atoms with E-state index in [1.165, 1.54) is 4.90 Å². The SMILES string of the molecule is C#CC(=O)N(c1ccc(OCC2CC2)c(Cl)c1)C(C(=O)Nc1ccc2nc[nH]c2c1)C(C)(C)C. The molecule has 34 heavy (non-hydrogen) atoms. The molecule has 1 unspecified atom stereocenters. The van der Waals surface area contributed by atoms with E-state index in [1.54, 1.807) is 42.7 Å². The van der Waals surface area contributed by atoms with Crippen LogP contribution in [0.15, 0.2) is 42.7 Å². The molecule has 1 heterocycles. The number of terminal acetylenes is 1. The minimum atomic E-state index is -0.914. The largest absolute Gasteiger partial charge is 0.492 e. The molecule has 1 aliphatic carbocycles. The van der Waals surface area contributed by atoms with Crippen LogP contribution in [0.2, 0.25) is 5.02 Å². The number of hydrogen-bond donors (Lipinski definition) is 2. The van der Waals surface area contributed by atoms with Crippen molar-refractivity contribution >= 4 is 45.8 Å². The highest BCUT2D eigenvalue weighted by molar-refractivity contribution is 6.32. The Balaban J connectivity index is 1.65. The monoisotopic (exact) mass is 478 g/mol. The standard InChI is InChI=1S/C26H27ClN4O3/c1-5-23(32)31(18-9-11-22(19(27)13-18)34-14-16-6-7-16)24(26(2,3)4)25(33)30-17-8-10-20-21(12-17)29-15-28-20/h1,8-13,15-16,24H,6-7,14H2,2-4H3,(H,28,29)(H,30,33). The number of nitrogens with one attached hydrogen (secondary N) is 2. The van der Waals surface area contributed by atoms with Crippen molar-refractivity contribution in [2.24, 2.45) is 11.3 Å². The zero-order valence-electron chi connectivity index (χ0n) is 19.4. The number of carbonyl (C=O) groups is 2. The third-order valence-corrected chi connectivity index (χ3v) is 6.02. The van der Waals surface area contributed by atoms with Gasteiger partial charge in [0.25, 0.3) is 0 Å². The molecule has 4 rings (SSSR count). The van der Waals surface area contributed by atoms with Crippen LogP contribution < -0.4 is 15.0 Å². The minimum absolute atomic E-state index is 0.353. The molecule has 2 N–H and O–H groups in total. The number of ether oxygens (including phenoxy) is 1. The Morgan fingerprint density at radius 3 is 2.71 bits per heavy atom. The Morgan fingerprint density at radius 2 is 2.06 bits per heavy atom. The van der Waals surface area contributed by atoms with E-state index in [9.17, 15) is 9.59 Å². The Labute approximate surface area is 203 Å². The predicted molar refractivity (Wildman–Crippen MR) is 134 cm³/mol. The first kappa shape index (κ1) is 23.7. The van der Waals surface area contributed by atoms with E-state index in [1.807, 2.05) is 20.8 Å². The van der Waals surface area contributed by atoms with E-state index in [4.69, 9.17) is 22.8 Å². The summed E-state index contributed by atoms with van der Waals surface area (Å²) < 4.78 is 5.80. The van der Waals surface area contributed by atoms with Gasteiger partial charge in [0.1, 0.15) is 11.8 Å². The van der Waals surface area contributed by atoms with Crippen LogP contribution in [0.5, 0.6) is 5.75 Å². The molecule has 176 valence electrons. The maximum absolute atomic E-state index is 13.5. The molecule has 1 fully saturated rings. The topological polar surface area (TPSA) is 87.3 Å². The number of amides is 2. The van der Waals surface area contributed by atoms with Crippen molar-refractivity contribution in [3.05, 3.63) is 47.7 Å². The average molecular weight is 479 g/mol. The maximum Gasteiger partial charge on any atom is 0.303 e. The number of H-pyrrole nitrogens is 1. The summed E-state index contributed by atoms with van der Waals surface area (Å²) in [7, 11) is 0. The number of imidazole rings is 1. The van der Waals surface area contributed by atoms with Crippen LogP contribution >= 0.6 is 11.6 Å². The van der Waals surface area contributed by atoms with Gasteiger partial charge in [0.05, 0.1) is 29.0 Å². The lowest BCUT2D eigenvalue weighted by atomic mass is 9.84. The first-order valence-electron chi connectivity index (χ1n) is 11.1. The molecule has 7 nitrogen and oxygen atoms in total. The van der Waals surface area contributed by atoms with Crippen molar-refractivity contribution in [3.8, 4) is 18.1 Å². The van der Waals surface area contributed by atoms with Gasteiger partial charge in [0.15, 0.2) is 0 Å². The number of halogens is 1. The number of aromatic amines is 1. The molecular formula is C26H27ClN4O3. The van der Waals surface area contributed by atoms with E-state index in [-0.39, 0.29) is 5.91 Å². The molecule has 0 saturated heterocycles. The number of benzene rings is 2. The lowest BCUT2D eigenvalue weighted by molar-refractivity contribution is -0.123. The first-order valence-corrected chi connectivity index (χ1v) is 11.5. The van der Waals surface area contributed by atoms with Gasteiger partial charge >= 0.3 is 5.91 Å². The van der Waals surface area contributed by atoms with E-state index in [0.717, 1.165) is 23.9 Å². The van der Waals surface area contributed by atoms with Crippen molar-refractivity contribution in [1.29, 1.82) is 0 Å². The van der Waals surface area contributed by atoms with Gasteiger partial charge in [0.2, 0.25) is 5.91 Å². The van der Waals surface area contributed by atoms with Crippen LogP contribution in [0.3, 0.4) is 0 Å². The summed E-state index contributed by atoms with van der Waals surface area (Å²) in [5.41, 5.74) is 1.92. The second-order valence-corrected chi connectivity index (χ2v) is 9.99. The fraction of sp³-hybridized carbons (Fsp3) is 0.346. The quantitative estimate of drug-likeness (QED) is 0.466. The fourth-order valence-electron chi connectivity index (χ4n) is 3.82. The van der Waals surface area contributed by atoms with Crippen LogP contribution in [0.1, 0.15) is 33.6 Å². The van der Waals surface area contributed by atoms with Crippen molar-refractivity contribution in [3.63, 3.8) is 0 Å².